The van der Waals surface area contributed by atoms with Crippen molar-refractivity contribution in [2.24, 2.45) is 5.41 Å². The highest BCUT2D eigenvalue weighted by Gasteiger charge is 2.51. The molecule has 1 spiro atoms. The maximum absolute atomic E-state index is 14.3. The lowest BCUT2D eigenvalue weighted by Crippen LogP contribution is -2.45. The van der Waals surface area contributed by atoms with Gasteiger partial charge in [0, 0.05) is 5.70 Å². The van der Waals surface area contributed by atoms with E-state index >= 15 is 0 Å². The van der Waals surface area contributed by atoms with Gasteiger partial charge in [0.1, 0.15) is 0 Å². The maximum atomic E-state index is 14.3. The second-order valence-electron chi connectivity index (χ2n) is 6.15. The standard InChI is InChI=1S/C15H24FNO.2C2H6/c1-4-5-8-12-11-15(9-6-7-10-15)13(18)17(12)14(2,3)16;2*1-2/h11H,4-10H2,1-3H3;2*1-2H3. The molecule has 0 unspecified atom stereocenters. The number of carbonyl (C=O) groups is 1. The number of alkyl halides is 1. The Balaban J connectivity index is 0.00000102. The van der Waals surface area contributed by atoms with Crippen molar-refractivity contribution >= 4 is 5.91 Å². The first-order valence-electron chi connectivity index (χ1n) is 9.16. The van der Waals surface area contributed by atoms with Crippen LogP contribution in [0.25, 0.3) is 0 Å². The van der Waals surface area contributed by atoms with Crippen LogP contribution in [-0.4, -0.2) is 16.6 Å². The molecule has 1 heterocycles. The van der Waals surface area contributed by atoms with Gasteiger partial charge in [-0.15, -0.1) is 0 Å². The van der Waals surface area contributed by atoms with Crippen molar-refractivity contribution in [1.29, 1.82) is 0 Å². The zero-order valence-corrected chi connectivity index (χ0v) is 15.8. The topological polar surface area (TPSA) is 20.3 Å². The molecule has 0 saturated heterocycles. The number of rotatable bonds is 4. The monoisotopic (exact) mass is 313 g/mol. The maximum Gasteiger partial charge on any atom is 0.239 e. The minimum absolute atomic E-state index is 0.00129. The van der Waals surface area contributed by atoms with Gasteiger partial charge in [0.25, 0.3) is 0 Å². The zero-order valence-electron chi connectivity index (χ0n) is 15.8. The molecule has 0 N–H and O–H groups in total. The Bertz CT molecular complexity index is 362. The SMILES string of the molecule is CC.CC.CCCCC1=CC2(CCCC2)C(=O)N1C(C)(C)F. The first-order chi connectivity index (χ1) is 10.4. The van der Waals surface area contributed by atoms with Crippen LogP contribution < -0.4 is 0 Å². The molecule has 2 nitrogen and oxygen atoms in total. The third-order valence-corrected chi connectivity index (χ3v) is 4.17. The highest BCUT2D eigenvalue weighted by molar-refractivity contribution is 5.90. The molecular weight excluding hydrogens is 277 g/mol. The molecule has 0 aromatic rings. The Kier molecular flexibility index (Phi) is 8.95. The molecule has 1 aliphatic carbocycles. The van der Waals surface area contributed by atoms with Gasteiger partial charge in [-0.2, -0.15) is 0 Å². The molecular formula is C19H36FNO. The van der Waals surface area contributed by atoms with E-state index < -0.39 is 5.79 Å². The first kappa shape index (κ1) is 21.1. The van der Waals surface area contributed by atoms with Crippen molar-refractivity contribution in [3.8, 4) is 0 Å². The minimum atomic E-state index is -1.58. The summed E-state index contributed by atoms with van der Waals surface area (Å²) in [5.41, 5.74) is 0.545. The summed E-state index contributed by atoms with van der Waals surface area (Å²) in [6, 6.07) is 0. The third kappa shape index (κ3) is 4.57. The average molecular weight is 314 g/mol. The number of nitrogens with zero attached hydrogens (tertiary/aromatic N) is 1. The van der Waals surface area contributed by atoms with Crippen molar-refractivity contribution in [3.05, 3.63) is 11.8 Å². The minimum Gasteiger partial charge on any atom is -0.282 e. The van der Waals surface area contributed by atoms with Crippen LogP contribution in [0.4, 0.5) is 4.39 Å². The van der Waals surface area contributed by atoms with Crippen LogP contribution in [0, 0.1) is 5.41 Å². The fraction of sp³-hybridized carbons (Fsp3) is 0.842. The Labute approximate surface area is 137 Å². The summed E-state index contributed by atoms with van der Waals surface area (Å²) in [4.78, 5) is 14.0. The van der Waals surface area contributed by atoms with Crippen LogP contribution in [-0.2, 0) is 4.79 Å². The van der Waals surface area contributed by atoms with Crippen molar-refractivity contribution in [2.75, 3.05) is 0 Å². The molecule has 1 amide bonds. The van der Waals surface area contributed by atoms with E-state index in [9.17, 15) is 9.18 Å². The fourth-order valence-corrected chi connectivity index (χ4v) is 3.29. The van der Waals surface area contributed by atoms with Crippen molar-refractivity contribution < 1.29 is 9.18 Å². The molecule has 2 aliphatic rings. The summed E-state index contributed by atoms with van der Waals surface area (Å²) in [6.07, 6.45) is 8.95. The van der Waals surface area contributed by atoms with Crippen molar-refractivity contribution in [3.63, 3.8) is 0 Å². The molecule has 130 valence electrons. The highest BCUT2D eigenvalue weighted by atomic mass is 19.1. The van der Waals surface area contributed by atoms with E-state index in [0.29, 0.717) is 0 Å². The number of hydrogen-bond acceptors (Lipinski definition) is 1. The molecule has 2 rings (SSSR count). The predicted octanol–water partition coefficient (Wildman–Crippen LogP) is 6.22. The largest absolute Gasteiger partial charge is 0.282 e. The highest BCUT2D eigenvalue weighted by Crippen LogP contribution is 2.49. The number of carbonyl (C=O) groups excluding carboxylic acids is 1. The molecule has 1 aliphatic heterocycles. The van der Waals surface area contributed by atoms with Gasteiger partial charge in [0.05, 0.1) is 5.41 Å². The summed E-state index contributed by atoms with van der Waals surface area (Å²) in [5.74, 6) is -1.58. The van der Waals surface area contributed by atoms with Crippen LogP contribution in [0.1, 0.15) is 93.4 Å². The Morgan fingerprint density at radius 1 is 1.18 bits per heavy atom. The van der Waals surface area contributed by atoms with E-state index in [1.54, 1.807) is 0 Å². The van der Waals surface area contributed by atoms with E-state index in [1.807, 2.05) is 27.7 Å². The van der Waals surface area contributed by atoms with Crippen LogP contribution in [0.3, 0.4) is 0 Å². The lowest BCUT2D eigenvalue weighted by atomic mass is 9.86. The van der Waals surface area contributed by atoms with E-state index in [4.69, 9.17) is 0 Å². The van der Waals surface area contributed by atoms with Gasteiger partial charge in [-0.1, -0.05) is 53.9 Å². The van der Waals surface area contributed by atoms with Gasteiger partial charge in [0.15, 0.2) is 5.79 Å². The quantitative estimate of drug-likeness (QED) is 0.564. The molecule has 0 atom stereocenters. The van der Waals surface area contributed by atoms with Crippen LogP contribution >= 0.6 is 0 Å². The lowest BCUT2D eigenvalue weighted by Gasteiger charge is -2.33. The van der Waals surface area contributed by atoms with Gasteiger partial charge in [0.2, 0.25) is 5.91 Å². The Morgan fingerprint density at radius 3 is 2.09 bits per heavy atom. The number of amides is 1. The molecule has 3 heteroatoms. The van der Waals surface area contributed by atoms with Gasteiger partial charge in [-0.25, -0.2) is 4.39 Å². The van der Waals surface area contributed by atoms with E-state index in [0.717, 1.165) is 50.6 Å². The fourth-order valence-electron chi connectivity index (χ4n) is 3.29. The normalized spacial score (nSPS) is 19.4. The van der Waals surface area contributed by atoms with E-state index in [2.05, 4.69) is 13.0 Å². The molecule has 0 radical (unpaired) electrons. The summed E-state index contributed by atoms with van der Waals surface area (Å²) in [5, 5.41) is 0. The van der Waals surface area contributed by atoms with E-state index in [-0.39, 0.29) is 11.3 Å². The smallest absolute Gasteiger partial charge is 0.239 e. The number of allylic oxidation sites excluding steroid dienone is 1. The summed E-state index contributed by atoms with van der Waals surface area (Å²) in [7, 11) is 0. The van der Waals surface area contributed by atoms with Crippen molar-refractivity contribution in [2.45, 2.75) is 99.2 Å². The van der Waals surface area contributed by atoms with Gasteiger partial charge < -0.3 is 0 Å². The molecule has 22 heavy (non-hydrogen) atoms. The lowest BCUT2D eigenvalue weighted by molar-refractivity contribution is -0.144. The molecule has 0 aromatic heterocycles. The van der Waals surface area contributed by atoms with Gasteiger partial charge >= 0.3 is 0 Å². The number of unbranched alkanes of at least 4 members (excludes halogenated alkanes) is 1. The molecule has 0 aromatic carbocycles. The summed E-state index contributed by atoms with van der Waals surface area (Å²) >= 11 is 0. The Morgan fingerprint density at radius 2 is 1.68 bits per heavy atom. The number of halogens is 1. The zero-order chi connectivity index (χ0) is 17.4. The average Bonchev–Trinajstić information content (AvgIpc) is 3.07. The third-order valence-electron chi connectivity index (χ3n) is 4.17. The molecule has 1 fully saturated rings. The predicted molar refractivity (Wildman–Crippen MR) is 93.2 cm³/mol. The van der Waals surface area contributed by atoms with Crippen molar-refractivity contribution in [1.82, 2.24) is 4.90 Å². The second kappa shape index (κ2) is 9.32. The first-order valence-corrected chi connectivity index (χ1v) is 9.16. The van der Waals surface area contributed by atoms with Crippen LogP contribution in [0.15, 0.2) is 11.8 Å². The van der Waals surface area contributed by atoms with Gasteiger partial charge in [-0.3, -0.25) is 9.69 Å². The molecule has 1 saturated carbocycles. The van der Waals surface area contributed by atoms with Crippen LogP contribution in [0.2, 0.25) is 0 Å². The number of hydrogen-bond donors (Lipinski definition) is 0. The Hall–Kier alpha value is -0.860. The van der Waals surface area contributed by atoms with Gasteiger partial charge in [-0.05, 0) is 45.6 Å². The van der Waals surface area contributed by atoms with Crippen LogP contribution in [0.5, 0.6) is 0 Å². The second-order valence-corrected chi connectivity index (χ2v) is 6.15. The summed E-state index contributed by atoms with van der Waals surface area (Å²) < 4.78 is 14.3. The van der Waals surface area contributed by atoms with E-state index in [1.165, 1.54) is 18.7 Å². The summed E-state index contributed by atoms with van der Waals surface area (Å²) in [6.45, 7) is 13.1. The molecule has 0 bridgehead atoms.